The first-order valence-corrected chi connectivity index (χ1v) is 48.4. The molecule has 0 bridgehead atoms. The van der Waals surface area contributed by atoms with Gasteiger partial charge in [0.05, 0.1) is 84.8 Å². The zero-order valence-corrected chi connectivity index (χ0v) is 75.4. The van der Waals surface area contributed by atoms with Crippen molar-refractivity contribution in [2.75, 3.05) is 92.3 Å². The van der Waals surface area contributed by atoms with Crippen molar-refractivity contribution in [3.8, 4) is 0 Å². The Morgan fingerprint density at radius 2 is 0.876 bits per heavy atom. The van der Waals surface area contributed by atoms with Crippen LogP contribution in [0.25, 0.3) is 0 Å². The fourth-order valence-electron chi connectivity index (χ4n) is 15.3. The van der Waals surface area contributed by atoms with Gasteiger partial charge in [0.25, 0.3) is 11.6 Å². The van der Waals surface area contributed by atoms with Crippen molar-refractivity contribution in [2.24, 2.45) is 17.2 Å². The average molecular weight is 2120 g/mol. The molecule has 1 amide bonds. The predicted molar refractivity (Wildman–Crippen MR) is 415 cm³/mol. The molecule has 137 heavy (non-hydrogen) atoms. The highest BCUT2D eigenvalue weighted by Crippen LogP contribution is 2.62. The van der Waals surface area contributed by atoms with E-state index in [1.54, 1.807) is 0 Å². The number of carboxylic acids is 2. The minimum atomic E-state index is -6.46. The first kappa shape index (κ1) is 120. The lowest BCUT2D eigenvalue weighted by Crippen LogP contribution is -2.71. The summed E-state index contributed by atoms with van der Waals surface area (Å²) < 4.78 is 192. The Hall–Kier alpha value is -2.72. The Labute approximate surface area is 769 Å². The molecular weight excluding hydrogens is 2000 g/mol. The van der Waals surface area contributed by atoms with Crippen molar-refractivity contribution >= 4 is 57.0 Å². The minimum Gasteiger partial charge on any atom is -0.477 e. The molecule has 8 aliphatic rings. The molecule has 4 unspecified atom stereocenters. The number of phosphoric acid groups is 5. The lowest BCUT2D eigenvalue weighted by Gasteiger charge is -2.53. The van der Waals surface area contributed by atoms with Gasteiger partial charge in [0.15, 0.2) is 37.7 Å². The molecule has 8 aliphatic heterocycles. The second-order valence-corrected chi connectivity index (χ2v) is 38.7. The molecule has 48 atom stereocenters. The molecule has 8 saturated heterocycles. The van der Waals surface area contributed by atoms with Gasteiger partial charge in [0.2, 0.25) is 5.91 Å². The van der Waals surface area contributed by atoms with Crippen molar-refractivity contribution in [1.82, 2.24) is 5.32 Å². The molecule has 0 saturated carbocycles. The summed E-state index contributed by atoms with van der Waals surface area (Å²) in [5, 5.41) is 309. The van der Waals surface area contributed by atoms with Crippen LogP contribution in [0, 0.1) is 0 Å². The quantitative estimate of drug-likeness (QED) is 0.0252. The van der Waals surface area contributed by atoms with Crippen LogP contribution in [0.4, 0.5) is 0 Å². The number of amides is 1. The minimum absolute atomic E-state index is 0.573. The van der Waals surface area contributed by atoms with Gasteiger partial charge in [0, 0.05) is 39.4 Å². The summed E-state index contributed by atoms with van der Waals surface area (Å²) in [4.78, 5) is 101. The topological polar surface area (TPSA) is 1110 Å². The maximum atomic E-state index is 13.8. The van der Waals surface area contributed by atoms with Crippen molar-refractivity contribution in [2.45, 2.75) is 289 Å². The molecular formula is C64H117N4O64P5. The molecule has 802 valence electrons. The Balaban J connectivity index is 1.29. The van der Waals surface area contributed by atoms with Gasteiger partial charge in [-0.1, -0.05) is 0 Å². The first-order chi connectivity index (χ1) is 63.9. The molecule has 0 aromatic carbocycles. The second kappa shape index (κ2) is 50.8. The summed E-state index contributed by atoms with van der Waals surface area (Å²) in [5.41, 5.74) is 16.2. The number of nitrogens with one attached hydrogen (secondary N) is 1. The van der Waals surface area contributed by atoms with Crippen LogP contribution in [0.1, 0.15) is 19.8 Å². The smallest absolute Gasteiger partial charge is 0.477 e. The van der Waals surface area contributed by atoms with E-state index >= 15 is 0 Å². The fraction of sp³-hybridized carbons (Fsp3) is 0.953. The number of carbonyl (C=O) groups is 3. The van der Waals surface area contributed by atoms with E-state index in [4.69, 9.17) is 111 Å². The molecule has 68 nitrogen and oxygen atoms in total. The molecule has 0 spiro atoms. The van der Waals surface area contributed by atoms with Crippen LogP contribution in [0.15, 0.2) is 0 Å². The number of aliphatic hydroxyl groups excluding tert-OH is 24. The van der Waals surface area contributed by atoms with Crippen LogP contribution < -0.4 is 22.5 Å². The van der Waals surface area contributed by atoms with Crippen molar-refractivity contribution in [1.29, 1.82) is 0 Å². The summed E-state index contributed by atoms with van der Waals surface area (Å²) in [5.74, 6) is -13.0. The van der Waals surface area contributed by atoms with Gasteiger partial charge in [0.1, 0.15) is 208 Å². The first-order valence-electron chi connectivity index (χ1n) is 40.9. The molecule has 8 heterocycles. The van der Waals surface area contributed by atoms with Crippen LogP contribution in [0.5, 0.6) is 0 Å². The molecule has 0 aromatic heterocycles. The van der Waals surface area contributed by atoms with Crippen molar-refractivity contribution < 1.29 is 311 Å². The van der Waals surface area contributed by atoms with Crippen molar-refractivity contribution in [3.05, 3.63) is 0 Å². The van der Waals surface area contributed by atoms with Crippen LogP contribution >= 0.6 is 39.1 Å². The SMILES string of the molecule is CC(=O)N[C@H]1[C@H]([C@H](O)[C@H](O)CO)O[C@@](O[C@H]2[C@@H](O)[C@@H](CO)O[C@@H](O[C@H]3[C@H](O)[C@@H](O)[C@H](O[C@@H]4[C@@H](O[C@@H]5[C@@H](O[C@@H]6[C@H](O)[C@@H](O[C@H]7[C@@H]([C@H](O)CO)O[C@@](O)(C(=O)O)C[C@H]7OP(=O)(O)OP(=O)(O)OCCN)O[C@H]([C@@H](O)CO)[C@H]6O[C@@H]6O[C@H](COP(=O)(O)O)[C@@H](O)[C@H](O)[C@H]6O)O[C@H]([C@H](CO)OP(=O)(O)OCCN)[C@@H](O)[C@@H]5O)O[C@H]([C@@H](O)CO)[C@@H](OP(=O)(O)OCCN)[C@@H]4O)O[C@@H]3CO)[C@@H]2O)(C(=O)O)C[C@@H]1O. The van der Waals surface area contributed by atoms with E-state index in [0.717, 1.165) is 6.92 Å². The number of aliphatic carboxylic acids is 2. The highest BCUT2D eigenvalue weighted by molar-refractivity contribution is 7.61. The average Bonchev–Trinajstić information content (AvgIpc) is 0.752. The summed E-state index contributed by atoms with van der Waals surface area (Å²) in [7, 11) is -29.5. The van der Waals surface area contributed by atoms with E-state index in [-0.39, 0.29) is 0 Å². The maximum Gasteiger partial charge on any atom is 0.481 e. The zero-order chi connectivity index (χ0) is 103. The van der Waals surface area contributed by atoms with E-state index in [9.17, 15) is 204 Å². The molecule has 8 fully saturated rings. The summed E-state index contributed by atoms with van der Waals surface area (Å²) >= 11 is 0. The third-order valence-corrected chi connectivity index (χ3v) is 27.1. The Morgan fingerprint density at radius 3 is 1.41 bits per heavy atom. The monoisotopic (exact) mass is 2120 g/mol. The van der Waals surface area contributed by atoms with E-state index in [0.29, 0.717) is 0 Å². The number of hydrogen-bond donors (Lipinski definition) is 37. The normalized spacial score (nSPS) is 42.4. The van der Waals surface area contributed by atoms with E-state index in [2.05, 4.69) is 18.7 Å². The number of rotatable bonds is 50. The summed E-state index contributed by atoms with van der Waals surface area (Å²) in [6, 6.07) is -1.83. The Kier molecular flexibility index (Phi) is 44.3. The Morgan fingerprint density at radius 1 is 0.416 bits per heavy atom. The summed E-state index contributed by atoms with van der Waals surface area (Å²) in [6.07, 6.45) is -116. The summed E-state index contributed by atoms with van der Waals surface area (Å²) in [6.45, 7) is -15.9. The third-order valence-electron chi connectivity index (χ3n) is 21.9. The number of phosphoric ester groups is 5. The van der Waals surface area contributed by atoms with E-state index < -0.39 is 431 Å². The van der Waals surface area contributed by atoms with Gasteiger partial charge >= 0.3 is 51.1 Å². The zero-order valence-electron chi connectivity index (χ0n) is 70.9. The highest BCUT2D eigenvalue weighted by atomic mass is 31.3. The van der Waals surface area contributed by atoms with Gasteiger partial charge < -0.3 is 261 Å². The van der Waals surface area contributed by atoms with Gasteiger partial charge in [-0.25, -0.2) is 32.4 Å². The van der Waals surface area contributed by atoms with Gasteiger partial charge in [-0.15, -0.1) is 0 Å². The molecule has 0 aromatic rings. The molecule has 73 heteroatoms. The largest absolute Gasteiger partial charge is 0.481 e. The second-order valence-electron chi connectivity index (χ2n) is 31.6. The van der Waals surface area contributed by atoms with Gasteiger partial charge in [-0.3, -0.25) is 36.5 Å². The number of carbonyl (C=O) groups excluding carboxylic acids is 1. The number of hydrogen-bond acceptors (Lipinski definition) is 59. The predicted octanol–water partition coefficient (Wildman–Crippen LogP) is -20.6. The molecule has 0 aliphatic carbocycles. The number of aliphatic hydroxyl groups is 25. The number of carboxylic acid groups (broad SMARTS) is 2. The standard InChI is InChI=1S/C64H117N4O64P5/c1-18(76)68-29-19(77)8-64(62(96)97,127-48(29)30(82)20(78)10-69)128-49-32(84)25(14-73)114-57(40(49)92)119-45-26(15-74)115-56(38(90)36(45)88)123-53-39(91)51(131-135(104,105)111-6-3-66)42(21(79)11-70)118-60(53)124-52-35(87)34(86)46(27(16-75)130-134(102,103)110-5-2-65)120-59(52)122-50-41(93)58(117-43(22(80)12-71)54(50)125-55-37(89)33(85)31(83)28(116-55)17-113-133(99,100)101)121-47-24(129-137(108,109)132-136(106,107)112-7-4-67)9-63(98,61(94)95)126-44(47)23(81)13-72/h19-60,69-75,77-93,98H,2-17,65-67H2,1H3,(H,68,76)(H,94,95)(H,96,97)(H,102,103)(H,104,105)(H,106,107)(H,108,109)(H2,99,100,101)/t19-,20+,21-,22-,23+,24+,25+,26+,27-,28+,29+,30+,31+,32-,33-,34-,35-,36+,37+,38+,39-,40+,41-,42+,43+,44+,45+,46+,47+,48+,49-,50+,51-,52-,53-,54+,55-,56-,57-,58+,59+,60+,63+,64-/m0/s1. The third kappa shape index (κ3) is 29.7. The molecule has 0 radical (unpaired) electrons. The van der Waals surface area contributed by atoms with E-state index in [1.807, 2.05) is 0 Å². The van der Waals surface area contributed by atoms with E-state index in [1.165, 1.54) is 0 Å². The highest BCUT2D eigenvalue weighted by Gasteiger charge is 2.66. The number of ether oxygens (including phenoxy) is 15. The van der Waals surface area contributed by atoms with Crippen LogP contribution in [0.2, 0.25) is 0 Å². The molecule has 8 rings (SSSR count). The van der Waals surface area contributed by atoms with Crippen LogP contribution in [0.3, 0.4) is 0 Å². The maximum absolute atomic E-state index is 13.8. The van der Waals surface area contributed by atoms with Crippen molar-refractivity contribution in [3.63, 3.8) is 0 Å². The van der Waals surface area contributed by atoms with Crippen LogP contribution in [-0.2, 0) is 144 Å². The van der Waals surface area contributed by atoms with Gasteiger partial charge in [-0.05, 0) is 0 Å². The Bertz CT molecular complexity index is 4040. The molecule has 40 N–H and O–H groups in total. The van der Waals surface area contributed by atoms with Gasteiger partial charge in [-0.2, -0.15) is 4.31 Å². The lowest BCUT2D eigenvalue weighted by atomic mass is 9.88. The fourth-order valence-corrected chi connectivity index (χ4v) is 19.8. The number of nitrogens with two attached hydrogens (primary N) is 3. The van der Waals surface area contributed by atoms with Crippen LogP contribution in [-0.4, -0.2) is 546 Å². The lowest BCUT2D eigenvalue weighted by molar-refractivity contribution is -0.420.